The minimum absolute atomic E-state index is 0.0408. The van der Waals surface area contributed by atoms with Crippen molar-refractivity contribution in [2.45, 2.75) is 44.2 Å². The van der Waals surface area contributed by atoms with Gasteiger partial charge in [-0.1, -0.05) is 12.1 Å². The lowest BCUT2D eigenvalue weighted by Gasteiger charge is -2.31. The Morgan fingerprint density at radius 2 is 1.54 bits per heavy atom. The molecule has 2 fully saturated rings. The van der Waals surface area contributed by atoms with E-state index >= 15 is 0 Å². The Labute approximate surface area is 215 Å². The van der Waals surface area contributed by atoms with Gasteiger partial charge in [0, 0.05) is 47.8 Å². The van der Waals surface area contributed by atoms with Crippen LogP contribution in [0.5, 0.6) is 0 Å². The van der Waals surface area contributed by atoms with E-state index in [-0.39, 0.29) is 17.8 Å². The Morgan fingerprint density at radius 1 is 0.865 bits per heavy atom. The number of piperidine rings is 1. The molecule has 7 nitrogen and oxygen atoms in total. The van der Waals surface area contributed by atoms with Crippen LogP contribution < -0.4 is 10.2 Å². The van der Waals surface area contributed by atoms with Crippen LogP contribution in [0.15, 0.2) is 72.9 Å². The molecule has 2 aliphatic rings. The van der Waals surface area contributed by atoms with Crippen molar-refractivity contribution in [3.63, 3.8) is 0 Å². The molecule has 3 aromatic carbocycles. The molecule has 1 saturated heterocycles. The van der Waals surface area contributed by atoms with Gasteiger partial charge in [-0.2, -0.15) is 5.10 Å². The normalized spacial score (nSPS) is 16.2. The minimum atomic E-state index is -0.191. The van der Waals surface area contributed by atoms with Crippen LogP contribution in [0.2, 0.25) is 0 Å². The second kappa shape index (κ2) is 9.82. The molecule has 2 heterocycles. The van der Waals surface area contributed by atoms with Crippen LogP contribution >= 0.6 is 0 Å². The van der Waals surface area contributed by atoms with Gasteiger partial charge < -0.3 is 15.3 Å². The van der Waals surface area contributed by atoms with Gasteiger partial charge in [0.1, 0.15) is 0 Å². The molecule has 2 N–H and O–H groups in total. The number of aromatic nitrogens is 2. The van der Waals surface area contributed by atoms with Gasteiger partial charge >= 0.3 is 0 Å². The van der Waals surface area contributed by atoms with Gasteiger partial charge in [0.2, 0.25) is 0 Å². The van der Waals surface area contributed by atoms with Crippen LogP contribution in [-0.2, 0) is 6.42 Å². The summed E-state index contributed by atoms with van der Waals surface area (Å²) in [5, 5.41) is 18.1. The SMILES string of the molecule is O=C(Cc1ccc(N2CCC(O)CC2)cc1)c1ccc(-n2ncc3cc(C(=O)NC4CC4)ccc32)cc1. The lowest BCUT2D eigenvalue weighted by atomic mass is 10.0. The van der Waals surface area contributed by atoms with E-state index in [4.69, 9.17) is 0 Å². The fourth-order valence-corrected chi connectivity index (χ4v) is 4.90. The number of rotatable bonds is 7. The lowest BCUT2D eigenvalue weighted by Crippen LogP contribution is -2.35. The van der Waals surface area contributed by atoms with Gasteiger partial charge in [0.15, 0.2) is 5.78 Å². The molecule has 1 aliphatic carbocycles. The van der Waals surface area contributed by atoms with Crippen molar-refractivity contribution in [1.82, 2.24) is 15.1 Å². The first-order valence-electron chi connectivity index (χ1n) is 13.0. The molecular formula is C30H30N4O3. The number of benzene rings is 3. The molecule has 1 amide bonds. The van der Waals surface area contributed by atoms with E-state index in [1.54, 1.807) is 6.20 Å². The van der Waals surface area contributed by atoms with Crippen LogP contribution in [0.4, 0.5) is 5.69 Å². The number of aliphatic hydroxyl groups excluding tert-OH is 1. The third kappa shape index (κ3) is 5.13. The number of amides is 1. The standard InChI is InChI=1S/C30H30N4O3/c35-27-13-15-33(16-14-27)25-8-1-20(2-9-25)17-29(36)21-3-10-26(11-4-21)34-28-12-5-22(18-23(28)19-31-34)30(37)32-24-6-7-24/h1-5,8-12,18-19,24,27,35H,6-7,13-17H2,(H,32,37). The topological polar surface area (TPSA) is 87.5 Å². The molecule has 4 aromatic rings. The van der Waals surface area contributed by atoms with Crippen molar-refractivity contribution in [3.8, 4) is 5.69 Å². The number of anilines is 1. The van der Waals surface area contributed by atoms with Crippen molar-refractivity contribution in [3.05, 3.63) is 89.6 Å². The second-order valence-corrected chi connectivity index (χ2v) is 10.1. The number of Topliss-reactive ketones (excluding diaryl/α,β-unsaturated/α-hetero) is 1. The number of nitrogens with one attached hydrogen (secondary N) is 1. The molecule has 0 unspecified atom stereocenters. The number of hydrogen-bond acceptors (Lipinski definition) is 5. The van der Waals surface area contributed by atoms with Crippen molar-refractivity contribution in [2.24, 2.45) is 0 Å². The molecule has 6 rings (SSSR count). The molecule has 37 heavy (non-hydrogen) atoms. The van der Waals surface area contributed by atoms with Crippen LogP contribution in [0.25, 0.3) is 16.6 Å². The highest BCUT2D eigenvalue weighted by Gasteiger charge is 2.24. The highest BCUT2D eigenvalue weighted by atomic mass is 16.3. The predicted molar refractivity (Wildman–Crippen MR) is 143 cm³/mol. The van der Waals surface area contributed by atoms with Crippen LogP contribution in [0.1, 0.15) is 52.0 Å². The van der Waals surface area contributed by atoms with Crippen molar-refractivity contribution in [2.75, 3.05) is 18.0 Å². The summed E-state index contributed by atoms with van der Waals surface area (Å²) in [5.41, 5.74) is 5.18. The van der Waals surface area contributed by atoms with Crippen molar-refractivity contribution >= 4 is 28.3 Å². The van der Waals surface area contributed by atoms with E-state index < -0.39 is 0 Å². The van der Waals surface area contributed by atoms with E-state index in [9.17, 15) is 14.7 Å². The van der Waals surface area contributed by atoms with E-state index in [1.807, 2.05) is 59.3 Å². The smallest absolute Gasteiger partial charge is 0.251 e. The first kappa shape index (κ1) is 23.4. The van der Waals surface area contributed by atoms with Gasteiger partial charge in [0.25, 0.3) is 5.91 Å². The minimum Gasteiger partial charge on any atom is -0.393 e. The van der Waals surface area contributed by atoms with Gasteiger partial charge in [-0.25, -0.2) is 4.68 Å². The number of carbonyl (C=O) groups excluding carboxylic acids is 2. The average molecular weight is 495 g/mol. The molecule has 0 atom stereocenters. The quantitative estimate of drug-likeness (QED) is 0.374. The molecule has 1 saturated carbocycles. The lowest BCUT2D eigenvalue weighted by molar-refractivity contribution is 0.0949. The number of carbonyl (C=O) groups is 2. The highest BCUT2D eigenvalue weighted by molar-refractivity contribution is 5.99. The van der Waals surface area contributed by atoms with Crippen molar-refractivity contribution in [1.29, 1.82) is 0 Å². The largest absolute Gasteiger partial charge is 0.393 e. The van der Waals surface area contributed by atoms with Crippen LogP contribution in [-0.4, -0.2) is 51.8 Å². The van der Waals surface area contributed by atoms with E-state index in [0.717, 1.165) is 66.6 Å². The van der Waals surface area contributed by atoms with E-state index in [0.29, 0.717) is 23.6 Å². The van der Waals surface area contributed by atoms with Gasteiger partial charge in [-0.3, -0.25) is 9.59 Å². The molecule has 1 aliphatic heterocycles. The molecular weight excluding hydrogens is 464 g/mol. The Morgan fingerprint density at radius 3 is 2.24 bits per heavy atom. The number of aliphatic hydroxyl groups is 1. The summed E-state index contributed by atoms with van der Waals surface area (Å²) in [6.45, 7) is 1.71. The summed E-state index contributed by atoms with van der Waals surface area (Å²) in [4.78, 5) is 27.6. The maximum Gasteiger partial charge on any atom is 0.251 e. The second-order valence-electron chi connectivity index (χ2n) is 10.1. The zero-order valence-corrected chi connectivity index (χ0v) is 20.6. The Balaban J connectivity index is 1.12. The maximum absolute atomic E-state index is 12.9. The summed E-state index contributed by atoms with van der Waals surface area (Å²) in [6.07, 6.45) is 5.62. The van der Waals surface area contributed by atoms with Crippen LogP contribution in [0, 0.1) is 0 Å². The highest BCUT2D eigenvalue weighted by Crippen LogP contribution is 2.24. The fourth-order valence-electron chi connectivity index (χ4n) is 4.90. The Hall–Kier alpha value is -3.97. The van der Waals surface area contributed by atoms with E-state index in [1.165, 1.54) is 0 Å². The summed E-state index contributed by atoms with van der Waals surface area (Å²) in [5.74, 6) is 0.0259. The monoisotopic (exact) mass is 494 g/mol. The van der Waals surface area contributed by atoms with Gasteiger partial charge in [0.05, 0.1) is 23.5 Å². The van der Waals surface area contributed by atoms with Gasteiger partial charge in [-0.05, 0) is 85.8 Å². The molecule has 188 valence electrons. The third-order valence-corrected chi connectivity index (χ3v) is 7.31. The number of ketones is 1. The number of hydrogen-bond donors (Lipinski definition) is 2. The van der Waals surface area contributed by atoms with Crippen LogP contribution in [0.3, 0.4) is 0 Å². The summed E-state index contributed by atoms with van der Waals surface area (Å²) in [7, 11) is 0. The molecule has 0 spiro atoms. The van der Waals surface area contributed by atoms with Gasteiger partial charge in [-0.15, -0.1) is 0 Å². The molecule has 0 radical (unpaired) electrons. The maximum atomic E-state index is 12.9. The average Bonchev–Trinajstić information content (AvgIpc) is 3.64. The predicted octanol–water partition coefficient (Wildman–Crippen LogP) is 4.30. The summed E-state index contributed by atoms with van der Waals surface area (Å²) >= 11 is 0. The zero-order valence-electron chi connectivity index (χ0n) is 20.6. The zero-order chi connectivity index (χ0) is 25.4. The van der Waals surface area contributed by atoms with E-state index in [2.05, 4.69) is 27.4 Å². The first-order valence-corrected chi connectivity index (χ1v) is 13.0. The third-order valence-electron chi connectivity index (χ3n) is 7.31. The number of fused-ring (bicyclic) bond motifs is 1. The summed E-state index contributed by atoms with van der Waals surface area (Å²) in [6, 6.07) is 21.6. The molecule has 0 bridgehead atoms. The molecule has 7 heteroatoms. The fraction of sp³-hybridized carbons (Fsp3) is 0.300. The number of nitrogens with zero attached hydrogens (tertiary/aromatic N) is 3. The first-order chi connectivity index (χ1) is 18.0. The molecule has 1 aromatic heterocycles. The Kier molecular flexibility index (Phi) is 6.22. The van der Waals surface area contributed by atoms with Crippen molar-refractivity contribution < 1.29 is 14.7 Å². The summed E-state index contributed by atoms with van der Waals surface area (Å²) < 4.78 is 1.82. The Bertz CT molecular complexity index is 1430.